The van der Waals surface area contributed by atoms with Crippen molar-refractivity contribution in [3.63, 3.8) is 0 Å². The highest BCUT2D eigenvalue weighted by Crippen LogP contribution is 2.67. The number of methoxy groups -OCH3 is 1. The lowest BCUT2D eigenvalue weighted by molar-refractivity contribution is -0.162. The largest absolute Gasteiger partial charge is 0.497 e. The number of carbonyl (C=O) groups excluding carboxylic acids is 1. The quantitative estimate of drug-likeness (QED) is 0.620. The van der Waals surface area contributed by atoms with E-state index in [2.05, 4.69) is 57.0 Å². The summed E-state index contributed by atoms with van der Waals surface area (Å²) in [5.41, 5.74) is 3.41. The molecule has 1 saturated heterocycles. The molecule has 7 atom stereocenters. The number of amides is 1. The van der Waals surface area contributed by atoms with Crippen molar-refractivity contribution in [2.45, 2.75) is 65.3 Å². The lowest BCUT2D eigenvalue weighted by atomic mass is 9.44. The van der Waals surface area contributed by atoms with Crippen molar-refractivity contribution >= 4 is 11.5 Å². The van der Waals surface area contributed by atoms with Gasteiger partial charge in [-0.1, -0.05) is 39.0 Å². The predicted molar refractivity (Wildman–Crippen MR) is 121 cm³/mol. The van der Waals surface area contributed by atoms with Crippen LogP contribution in [0.25, 0.3) is 5.57 Å². The van der Waals surface area contributed by atoms with Gasteiger partial charge in [0.25, 0.3) is 0 Å². The van der Waals surface area contributed by atoms with Crippen LogP contribution in [-0.4, -0.2) is 31.0 Å². The molecule has 3 nitrogen and oxygen atoms in total. The van der Waals surface area contributed by atoms with Crippen LogP contribution in [0.1, 0.15) is 64.9 Å². The fourth-order valence-electron chi connectivity index (χ4n) is 8.27. The van der Waals surface area contributed by atoms with E-state index >= 15 is 0 Å². The molecule has 1 amide bonds. The Bertz CT molecular complexity index is 891. The van der Waals surface area contributed by atoms with E-state index in [1.165, 1.54) is 31.2 Å². The molecule has 0 N–H and O–H groups in total. The van der Waals surface area contributed by atoms with E-state index < -0.39 is 0 Å². The normalized spacial score (nSPS) is 42.8. The van der Waals surface area contributed by atoms with Crippen LogP contribution in [0.4, 0.5) is 0 Å². The van der Waals surface area contributed by atoms with Gasteiger partial charge in [-0.15, -0.1) is 0 Å². The average molecular weight is 408 g/mol. The maximum absolute atomic E-state index is 12.5. The fraction of sp³-hybridized carbons (Fsp3) is 0.667. The minimum absolute atomic E-state index is 0.251. The summed E-state index contributed by atoms with van der Waals surface area (Å²) >= 11 is 0. The third-order valence-corrected chi connectivity index (χ3v) is 9.89. The number of rotatable bonds is 2. The highest BCUT2D eigenvalue weighted by atomic mass is 16.5. The summed E-state index contributed by atoms with van der Waals surface area (Å²) < 4.78 is 5.52. The smallest absolute Gasteiger partial charge is 0.222 e. The molecule has 0 bridgehead atoms. The number of piperidine rings is 1. The predicted octanol–water partition coefficient (Wildman–Crippen LogP) is 5.80. The summed E-state index contributed by atoms with van der Waals surface area (Å²) in [6.07, 6.45) is 9.27. The highest BCUT2D eigenvalue weighted by molar-refractivity contribution is 5.77. The summed E-state index contributed by atoms with van der Waals surface area (Å²) in [5, 5.41) is 0. The third-order valence-electron chi connectivity index (χ3n) is 9.89. The molecule has 3 aliphatic carbocycles. The van der Waals surface area contributed by atoms with Gasteiger partial charge >= 0.3 is 0 Å². The zero-order chi connectivity index (χ0) is 21.3. The Morgan fingerprint density at radius 1 is 1.17 bits per heavy atom. The minimum atomic E-state index is 0.251. The van der Waals surface area contributed by atoms with Crippen LogP contribution in [0.2, 0.25) is 0 Å². The van der Waals surface area contributed by atoms with Gasteiger partial charge in [-0.25, -0.2) is 0 Å². The van der Waals surface area contributed by atoms with E-state index in [4.69, 9.17) is 4.74 Å². The maximum Gasteiger partial charge on any atom is 0.222 e. The number of hydrogen-bond donors (Lipinski definition) is 0. The summed E-state index contributed by atoms with van der Waals surface area (Å²) in [5.74, 6) is 4.18. The Morgan fingerprint density at radius 2 is 1.97 bits per heavy atom. The molecular formula is C27H37NO2. The summed E-state index contributed by atoms with van der Waals surface area (Å²) in [7, 11) is 3.81. The summed E-state index contributed by atoms with van der Waals surface area (Å²) in [6.45, 7) is 7.52. The van der Waals surface area contributed by atoms with Crippen molar-refractivity contribution < 1.29 is 9.53 Å². The number of allylic oxidation sites excluding steroid dienone is 2. The molecule has 30 heavy (non-hydrogen) atoms. The van der Waals surface area contributed by atoms with Crippen molar-refractivity contribution in [3.8, 4) is 5.75 Å². The standard InChI is InChI=1S/C27H37NO2/c1-17-15-23-27(3,14-12-24(29)28(23)4)22-11-13-26(2)20(9-10-21(26)25(17)22)18-7-6-8-19(16-18)30-5/h6-9,16-17,21-23,25H,10-15H2,1-5H3/t17-,21-,22-,23+,25-,26+,27+/m0/s1. The van der Waals surface area contributed by atoms with Crippen LogP contribution in [0.15, 0.2) is 30.3 Å². The van der Waals surface area contributed by atoms with Gasteiger partial charge < -0.3 is 9.64 Å². The van der Waals surface area contributed by atoms with Crippen LogP contribution >= 0.6 is 0 Å². The number of fused-ring (bicyclic) bond motifs is 5. The number of likely N-dealkylation sites (tertiary alicyclic amines) is 1. The Morgan fingerprint density at radius 3 is 2.73 bits per heavy atom. The molecule has 162 valence electrons. The van der Waals surface area contributed by atoms with Crippen LogP contribution < -0.4 is 4.74 Å². The lowest BCUT2D eigenvalue weighted by Gasteiger charge is -2.63. The molecular weight excluding hydrogens is 370 g/mol. The van der Waals surface area contributed by atoms with Gasteiger partial charge in [-0.2, -0.15) is 0 Å². The molecule has 4 aliphatic rings. The second kappa shape index (κ2) is 6.87. The third kappa shape index (κ3) is 2.66. The van der Waals surface area contributed by atoms with E-state index in [0.29, 0.717) is 23.8 Å². The second-order valence-electron chi connectivity index (χ2n) is 11.1. The van der Waals surface area contributed by atoms with E-state index in [1.54, 1.807) is 12.7 Å². The molecule has 3 fully saturated rings. The molecule has 0 spiro atoms. The first-order chi connectivity index (χ1) is 14.3. The Labute approximate surface area is 181 Å². The SMILES string of the molecule is COc1cccc(C2=CC[C@H]3[C@@H]4[C@@H](C)C[C@H]5N(C)C(=O)CC[C@]5(C)[C@H]4CC[C@]23C)c1. The molecule has 1 aliphatic heterocycles. The van der Waals surface area contributed by atoms with E-state index in [0.717, 1.165) is 30.4 Å². The Kier molecular flexibility index (Phi) is 4.61. The zero-order valence-corrected chi connectivity index (χ0v) is 19.3. The second-order valence-corrected chi connectivity index (χ2v) is 11.1. The van der Waals surface area contributed by atoms with Gasteiger partial charge in [0.2, 0.25) is 5.91 Å². The van der Waals surface area contributed by atoms with Crippen LogP contribution in [0, 0.1) is 34.5 Å². The zero-order valence-electron chi connectivity index (χ0n) is 19.3. The van der Waals surface area contributed by atoms with Gasteiger partial charge in [-0.3, -0.25) is 4.79 Å². The summed E-state index contributed by atoms with van der Waals surface area (Å²) in [6, 6.07) is 9.07. The first-order valence-electron chi connectivity index (χ1n) is 11.9. The van der Waals surface area contributed by atoms with Gasteiger partial charge in [0.15, 0.2) is 0 Å². The highest BCUT2D eigenvalue weighted by Gasteiger charge is 2.61. The Balaban J connectivity index is 1.48. The number of benzene rings is 1. The van der Waals surface area contributed by atoms with Crippen molar-refractivity contribution in [2.75, 3.05) is 14.2 Å². The van der Waals surface area contributed by atoms with E-state index in [9.17, 15) is 4.79 Å². The molecule has 0 unspecified atom stereocenters. The summed E-state index contributed by atoms with van der Waals surface area (Å²) in [4.78, 5) is 14.6. The molecule has 0 aromatic heterocycles. The van der Waals surface area contributed by atoms with Crippen molar-refractivity contribution in [1.29, 1.82) is 0 Å². The fourth-order valence-corrected chi connectivity index (χ4v) is 8.27. The molecule has 3 heteroatoms. The molecule has 2 saturated carbocycles. The van der Waals surface area contributed by atoms with Gasteiger partial charge in [0.05, 0.1) is 7.11 Å². The number of hydrogen-bond acceptors (Lipinski definition) is 2. The molecule has 1 aromatic rings. The average Bonchev–Trinajstić information content (AvgIpc) is 3.10. The number of carbonyl (C=O) groups is 1. The van der Waals surface area contributed by atoms with Crippen molar-refractivity contribution in [1.82, 2.24) is 4.90 Å². The molecule has 5 rings (SSSR count). The lowest BCUT2D eigenvalue weighted by Crippen LogP contribution is -2.63. The molecule has 1 aromatic carbocycles. The monoisotopic (exact) mass is 407 g/mol. The van der Waals surface area contributed by atoms with Crippen LogP contribution in [0.5, 0.6) is 5.75 Å². The van der Waals surface area contributed by atoms with Crippen molar-refractivity contribution in [2.24, 2.45) is 34.5 Å². The number of ether oxygens (including phenoxy) is 1. The molecule has 0 radical (unpaired) electrons. The first kappa shape index (κ1) is 20.2. The van der Waals surface area contributed by atoms with Gasteiger partial charge in [0.1, 0.15) is 5.75 Å². The molecule has 1 heterocycles. The van der Waals surface area contributed by atoms with Crippen LogP contribution in [-0.2, 0) is 4.79 Å². The maximum atomic E-state index is 12.5. The van der Waals surface area contributed by atoms with Crippen LogP contribution in [0.3, 0.4) is 0 Å². The van der Waals surface area contributed by atoms with E-state index in [1.807, 2.05) is 6.07 Å². The first-order valence-corrected chi connectivity index (χ1v) is 11.9. The Hall–Kier alpha value is -1.77. The van der Waals surface area contributed by atoms with Gasteiger partial charge in [-0.05, 0) is 89.9 Å². The number of nitrogens with zero attached hydrogens (tertiary/aromatic N) is 1. The minimum Gasteiger partial charge on any atom is -0.497 e. The van der Waals surface area contributed by atoms with Crippen molar-refractivity contribution in [3.05, 3.63) is 35.9 Å². The topological polar surface area (TPSA) is 29.5 Å². The van der Waals surface area contributed by atoms with Gasteiger partial charge in [0, 0.05) is 19.5 Å². The van der Waals surface area contributed by atoms with E-state index in [-0.39, 0.29) is 10.8 Å².